The average Bonchev–Trinajstić information content (AvgIpc) is 2.63. The summed E-state index contributed by atoms with van der Waals surface area (Å²) in [7, 11) is 0. The molecule has 21 heavy (non-hydrogen) atoms. The highest BCUT2D eigenvalue weighted by atomic mass is 35.5. The van der Waals surface area contributed by atoms with E-state index >= 15 is 0 Å². The molecule has 0 spiro atoms. The van der Waals surface area contributed by atoms with E-state index in [1.165, 1.54) is 18.2 Å². The summed E-state index contributed by atoms with van der Waals surface area (Å²) in [5, 5.41) is 13.8. The second-order valence-electron chi connectivity index (χ2n) is 5.15. The largest absolute Gasteiger partial charge is 0.476 e. The van der Waals surface area contributed by atoms with Crippen molar-refractivity contribution in [2.24, 2.45) is 0 Å². The van der Waals surface area contributed by atoms with E-state index in [0.29, 0.717) is 12.1 Å². The number of aromatic carboxylic acids is 1. The first-order valence-electron chi connectivity index (χ1n) is 6.87. The summed E-state index contributed by atoms with van der Waals surface area (Å²) in [6, 6.07) is 4.04. The molecule has 0 bridgehead atoms. The van der Waals surface area contributed by atoms with Gasteiger partial charge in [-0.2, -0.15) is 5.10 Å². The fraction of sp³-hybridized carbons (Fsp3) is 0.333. The van der Waals surface area contributed by atoms with Crippen LogP contribution in [0.25, 0.3) is 5.69 Å². The third kappa shape index (κ3) is 2.53. The molecule has 1 heterocycles. The lowest BCUT2D eigenvalue weighted by atomic mass is 10.1. The Kier molecular flexibility index (Phi) is 3.68. The van der Waals surface area contributed by atoms with Gasteiger partial charge in [-0.3, -0.25) is 0 Å². The first-order valence-corrected chi connectivity index (χ1v) is 7.25. The molecular formula is C15H14ClFN2O2. The fourth-order valence-electron chi connectivity index (χ4n) is 2.80. The van der Waals surface area contributed by atoms with E-state index in [1.54, 1.807) is 4.68 Å². The minimum Gasteiger partial charge on any atom is -0.476 e. The van der Waals surface area contributed by atoms with Crippen molar-refractivity contribution in [3.8, 4) is 5.69 Å². The molecule has 2 aromatic rings. The van der Waals surface area contributed by atoms with Crippen LogP contribution in [0, 0.1) is 5.82 Å². The topological polar surface area (TPSA) is 55.1 Å². The van der Waals surface area contributed by atoms with Crippen molar-refractivity contribution in [3.05, 3.63) is 46.0 Å². The molecule has 110 valence electrons. The molecule has 4 nitrogen and oxygen atoms in total. The van der Waals surface area contributed by atoms with Gasteiger partial charge in [-0.15, -0.1) is 0 Å². The van der Waals surface area contributed by atoms with Gasteiger partial charge in [0.2, 0.25) is 0 Å². The fourth-order valence-corrected chi connectivity index (χ4v) is 3.05. The van der Waals surface area contributed by atoms with Crippen LogP contribution >= 0.6 is 11.6 Å². The molecule has 0 atom stereocenters. The van der Waals surface area contributed by atoms with Gasteiger partial charge in [0.05, 0.1) is 10.7 Å². The van der Waals surface area contributed by atoms with Crippen LogP contribution in [0.4, 0.5) is 4.39 Å². The number of benzene rings is 1. The van der Waals surface area contributed by atoms with Crippen molar-refractivity contribution in [2.75, 3.05) is 0 Å². The van der Waals surface area contributed by atoms with Crippen molar-refractivity contribution in [2.45, 2.75) is 32.1 Å². The number of nitrogens with zero attached hydrogens (tertiary/aromatic N) is 2. The molecule has 1 N–H and O–H groups in total. The first kappa shape index (κ1) is 14.1. The van der Waals surface area contributed by atoms with E-state index in [2.05, 4.69) is 5.10 Å². The molecule has 0 unspecified atom stereocenters. The van der Waals surface area contributed by atoms with Crippen molar-refractivity contribution in [1.82, 2.24) is 9.78 Å². The highest BCUT2D eigenvalue weighted by molar-refractivity contribution is 6.32. The van der Waals surface area contributed by atoms with Crippen LogP contribution in [0.15, 0.2) is 18.2 Å². The quantitative estimate of drug-likeness (QED) is 0.862. The summed E-state index contributed by atoms with van der Waals surface area (Å²) < 4.78 is 14.8. The minimum atomic E-state index is -1.04. The Hall–Kier alpha value is -1.88. The molecule has 0 radical (unpaired) electrons. The SMILES string of the molecule is O=C(O)c1nn(-c2ccc(F)cc2Cl)c2c1CCCCC2. The standard InChI is InChI=1S/C15H14ClFN2O2/c16-11-8-9(17)6-7-13(11)19-12-5-3-1-2-4-10(12)14(18-19)15(20)21/h6-8H,1-5H2,(H,20,21). The van der Waals surface area contributed by atoms with E-state index in [4.69, 9.17) is 11.6 Å². The lowest BCUT2D eigenvalue weighted by Gasteiger charge is -2.09. The molecular weight excluding hydrogens is 295 g/mol. The summed E-state index contributed by atoms with van der Waals surface area (Å²) >= 11 is 6.09. The van der Waals surface area contributed by atoms with Gasteiger partial charge in [-0.1, -0.05) is 18.0 Å². The van der Waals surface area contributed by atoms with Gasteiger partial charge in [0.15, 0.2) is 5.69 Å². The van der Waals surface area contributed by atoms with E-state index < -0.39 is 11.8 Å². The molecule has 6 heteroatoms. The second-order valence-corrected chi connectivity index (χ2v) is 5.55. The number of carbonyl (C=O) groups is 1. The van der Waals surface area contributed by atoms with Crippen LogP contribution < -0.4 is 0 Å². The minimum absolute atomic E-state index is 0.0762. The van der Waals surface area contributed by atoms with Crippen LogP contribution in [-0.4, -0.2) is 20.9 Å². The zero-order valence-electron chi connectivity index (χ0n) is 11.3. The molecule has 3 rings (SSSR count). The van der Waals surface area contributed by atoms with Gasteiger partial charge in [-0.05, 0) is 43.9 Å². The zero-order chi connectivity index (χ0) is 15.0. The Labute approximate surface area is 126 Å². The number of rotatable bonds is 2. The summed E-state index contributed by atoms with van der Waals surface area (Å²) in [5.74, 6) is -1.47. The third-order valence-electron chi connectivity index (χ3n) is 3.77. The van der Waals surface area contributed by atoms with Gasteiger partial charge < -0.3 is 5.11 Å². The van der Waals surface area contributed by atoms with Crippen molar-refractivity contribution < 1.29 is 14.3 Å². The predicted molar refractivity (Wildman–Crippen MR) is 76.8 cm³/mol. The number of hydrogen-bond acceptors (Lipinski definition) is 2. The monoisotopic (exact) mass is 308 g/mol. The molecule has 0 saturated heterocycles. The van der Waals surface area contributed by atoms with Gasteiger partial charge in [0, 0.05) is 11.3 Å². The summed E-state index contributed by atoms with van der Waals surface area (Å²) in [4.78, 5) is 11.4. The average molecular weight is 309 g/mol. The van der Waals surface area contributed by atoms with Crippen molar-refractivity contribution in [3.63, 3.8) is 0 Å². The summed E-state index contributed by atoms with van der Waals surface area (Å²) in [5.41, 5.74) is 2.25. The Morgan fingerprint density at radius 2 is 2.05 bits per heavy atom. The van der Waals surface area contributed by atoms with Crippen LogP contribution in [0.3, 0.4) is 0 Å². The highest BCUT2D eigenvalue weighted by Gasteiger charge is 2.25. The Morgan fingerprint density at radius 1 is 1.29 bits per heavy atom. The Bertz CT molecular complexity index is 712. The van der Waals surface area contributed by atoms with Crippen LogP contribution in [0.2, 0.25) is 5.02 Å². The number of hydrogen-bond donors (Lipinski definition) is 1. The number of aromatic nitrogens is 2. The normalized spacial score (nSPS) is 14.6. The lowest BCUT2D eigenvalue weighted by Crippen LogP contribution is -2.05. The molecule has 0 amide bonds. The molecule has 1 aromatic heterocycles. The number of carboxylic acid groups (broad SMARTS) is 1. The van der Waals surface area contributed by atoms with Crippen molar-refractivity contribution >= 4 is 17.6 Å². The Balaban J connectivity index is 2.20. The maximum Gasteiger partial charge on any atom is 0.356 e. The molecule has 1 aliphatic carbocycles. The highest BCUT2D eigenvalue weighted by Crippen LogP contribution is 2.29. The van der Waals surface area contributed by atoms with Crippen LogP contribution in [-0.2, 0) is 12.8 Å². The zero-order valence-corrected chi connectivity index (χ0v) is 12.0. The number of fused-ring (bicyclic) bond motifs is 1. The van der Waals surface area contributed by atoms with E-state index in [1.807, 2.05) is 0 Å². The third-order valence-corrected chi connectivity index (χ3v) is 4.07. The van der Waals surface area contributed by atoms with Crippen molar-refractivity contribution in [1.29, 1.82) is 0 Å². The second kappa shape index (κ2) is 5.48. The van der Waals surface area contributed by atoms with Gasteiger partial charge in [0.25, 0.3) is 0 Å². The van der Waals surface area contributed by atoms with E-state index in [9.17, 15) is 14.3 Å². The molecule has 1 aliphatic rings. The molecule has 0 fully saturated rings. The predicted octanol–water partition coefficient (Wildman–Crippen LogP) is 3.63. The molecule has 0 saturated carbocycles. The maximum absolute atomic E-state index is 13.2. The Morgan fingerprint density at radius 3 is 2.76 bits per heavy atom. The maximum atomic E-state index is 13.2. The van der Waals surface area contributed by atoms with E-state index in [0.717, 1.165) is 36.9 Å². The van der Waals surface area contributed by atoms with Gasteiger partial charge in [-0.25, -0.2) is 13.9 Å². The smallest absolute Gasteiger partial charge is 0.356 e. The molecule has 1 aromatic carbocycles. The van der Waals surface area contributed by atoms with E-state index in [-0.39, 0.29) is 10.7 Å². The molecule has 0 aliphatic heterocycles. The van der Waals surface area contributed by atoms with Gasteiger partial charge >= 0.3 is 5.97 Å². The number of carboxylic acids is 1. The summed E-state index contributed by atoms with van der Waals surface area (Å²) in [6.45, 7) is 0. The van der Waals surface area contributed by atoms with Crippen LogP contribution in [0.5, 0.6) is 0 Å². The lowest BCUT2D eigenvalue weighted by molar-refractivity contribution is 0.0688. The number of halogens is 2. The first-order chi connectivity index (χ1) is 10.1. The summed E-state index contributed by atoms with van der Waals surface area (Å²) in [6.07, 6.45) is 4.46. The van der Waals surface area contributed by atoms with Crippen LogP contribution in [0.1, 0.15) is 41.0 Å². The van der Waals surface area contributed by atoms with Gasteiger partial charge in [0.1, 0.15) is 5.82 Å².